The quantitative estimate of drug-likeness (QED) is 0.677. The van der Waals surface area contributed by atoms with Gasteiger partial charge in [-0.2, -0.15) is 5.10 Å². The molecule has 0 atom stereocenters. The van der Waals surface area contributed by atoms with E-state index in [1.54, 1.807) is 24.3 Å². The Bertz CT molecular complexity index is 292. The van der Waals surface area contributed by atoms with Crippen LogP contribution in [0.15, 0.2) is 12.3 Å². The van der Waals surface area contributed by atoms with Crippen LogP contribution < -0.4 is 5.73 Å². The Morgan fingerprint density at radius 2 is 2.44 bits per heavy atom. The minimum atomic E-state index is -0.0667. The molecule has 0 saturated heterocycles. The fourth-order valence-electron chi connectivity index (χ4n) is 1.34. The van der Waals surface area contributed by atoms with Crippen molar-refractivity contribution in [3.8, 4) is 0 Å². The van der Waals surface area contributed by atoms with E-state index in [-0.39, 0.29) is 5.91 Å². The van der Waals surface area contributed by atoms with Gasteiger partial charge in [-0.25, -0.2) is 0 Å². The molecule has 1 heterocycles. The van der Waals surface area contributed by atoms with Gasteiger partial charge in [0.2, 0.25) is 0 Å². The molecule has 3 N–H and O–H groups in total. The summed E-state index contributed by atoms with van der Waals surface area (Å²) in [5.41, 5.74) is 5.93. The van der Waals surface area contributed by atoms with Crippen LogP contribution in [0.5, 0.6) is 0 Å². The monoisotopic (exact) mass is 226 g/mol. The van der Waals surface area contributed by atoms with Crippen molar-refractivity contribution >= 4 is 5.91 Å². The molecule has 0 radical (unpaired) electrons. The summed E-state index contributed by atoms with van der Waals surface area (Å²) in [7, 11) is 1.61. The van der Waals surface area contributed by atoms with Gasteiger partial charge in [0.05, 0.1) is 6.61 Å². The maximum Gasteiger partial charge on any atom is 0.271 e. The van der Waals surface area contributed by atoms with Gasteiger partial charge >= 0.3 is 0 Å². The van der Waals surface area contributed by atoms with Crippen LogP contribution in [0.3, 0.4) is 0 Å². The molecule has 0 aliphatic heterocycles. The maximum atomic E-state index is 12.0. The second-order valence-corrected chi connectivity index (χ2v) is 3.40. The Labute approximate surface area is 94.8 Å². The Morgan fingerprint density at radius 3 is 3.00 bits per heavy atom. The van der Waals surface area contributed by atoms with Crippen LogP contribution >= 0.6 is 0 Å². The van der Waals surface area contributed by atoms with Crippen molar-refractivity contribution in [2.45, 2.75) is 6.42 Å². The second-order valence-electron chi connectivity index (χ2n) is 3.40. The number of carbonyl (C=O) groups is 1. The van der Waals surface area contributed by atoms with Crippen molar-refractivity contribution in [3.05, 3.63) is 18.0 Å². The summed E-state index contributed by atoms with van der Waals surface area (Å²) in [6.45, 7) is 2.29. The summed E-state index contributed by atoms with van der Waals surface area (Å²) in [4.78, 5) is 13.7. The lowest BCUT2D eigenvalue weighted by atomic mass is 10.3. The van der Waals surface area contributed by atoms with Gasteiger partial charge in [-0.05, 0) is 19.0 Å². The van der Waals surface area contributed by atoms with E-state index in [0.717, 1.165) is 6.42 Å². The van der Waals surface area contributed by atoms with Gasteiger partial charge in [0.15, 0.2) is 0 Å². The number of ether oxygens (including phenoxy) is 1. The van der Waals surface area contributed by atoms with Gasteiger partial charge in [0.25, 0.3) is 5.91 Å². The van der Waals surface area contributed by atoms with Crippen molar-refractivity contribution in [2.24, 2.45) is 5.73 Å². The van der Waals surface area contributed by atoms with Crippen LogP contribution in [0.2, 0.25) is 0 Å². The summed E-state index contributed by atoms with van der Waals surface area (Å²) in [6.07, 6.45) is 2.34. The Balaban J connectivity index is 2.56. The molecule has 0 saturated carbocycles. The first kappa shape index (κ1) is 12.7. The second kappa shape index (κ2) is 6.97. The highest BCUT2D eigenvalue weighted by molar-refractivity contribution is 5.92. The first-order valence-corrected chi connectivity index (χ1v) is 5.27. The zero-order valence-electron chi connectivity index (χ0n) is 9.48. The summed E-state index contributed by atoms with van der Waals surface area (Å²) < 4.78 is 4.97. The molecule has 0 fully saturated rings. The normalized spacial score (nSPS) is 10.4. The van der Waals surface area contributed by atoms with Crippen LogP contribution in [0.4, 0.5) is 0 Å². The lowest BCUT2D eigenvalue weighted by Crippen LogP contribution is -2.35. The topological polar surface area (TPSA) is 84.2 Å². The van der Waals surface area contributed by atoms with Crippen LogP contribution in [0.1, 0.15) is 16.9 Å². The molecular formula is C10H18N4O2. The molecule has 0 aromatic carbocycles. The predicted octanol–water partition coefficient (Wildman–Crippen LogP) is -0.153. The molecule has 0 aliphatic carbocycles. The number of nitrogens with one attached hydrogen (secondary N) is 1. The van der Waals surface area contributed by atoms with Gasteiger partial charge in [-0.15, -0.1) is 0 Å². The summed E-state index contributed by atoms with van der Waals surface area (Å²) in [6, 6.07) is 1.66. The fraction of sp³-hybridized carbons (Fsp3) is 0.600. The number of aromatic nitrogens is 2. The average Bonchev–Trinajstić information content (AvgIpc) is 2.82. The van der Waals surface area contributed by atoms with Crippen molar-refractivity contribution in [2.75, 3.05) is 33.4 Å². The number of H-pyrrole nitrogens is 1. The van der Waals surface area contributed by atoms with Gasteiger partial charge in [0, 0.05) is 26.4 Å². The number of methoxy groups -OCH3 is 1. The molecule has 0 spiro atoms. The predicted molar refractivity (Wildman–Crippen MR) is 60.0 cm³/mol. The highest BCUT2D eigenvalue weighted by atomic mass is 16.5. The molecule has 1 aromatic rings. The summed E-state index contributed by atoms with van der Waals surface area (Å²) in [5.74, 6) is -0.0667. The van der Waals surface area contributed by atoms with Gasteiger partial charge in [-0.3, -0.25) is 9.89 Å². The number of carbonyl (C=O) groups excluding carboxylic acids is 1. The molecule has 1 amide bonds. The number of aromatic amines is 1. The van der Waals surface area contributed by atoms with E-state index in [9.17, 15) is 4.79 Å². The first-order chi connectivity index (χ1) is 7.79. The van der Waals surface area contributed by atoms with Crippen LogP contribution in [-0.4, -0.2) is 54.4 Å². The minimum absolute atomic E-state index is 0.0667. The van der Waals surface area contributed by atoms with Crippen molar-refractivity contribution in [1.29, 1.82) is 0 Å². The molecule has 0 bridgehead atoms. The van der Waals surface area contributed by atoms with E-state index in [2.05, 4.69) is 10.2 Å². The highest BCUT2D eigenvalue weighted by Gasteiger charge is 2.15. The van der Waals surface area contributed by atoms with Crippen molar-refractivity contribution < 1.29 is 9.53 Å². The molecular weight excluding hydrogens is 208 g/mol. The molecule has 1 rings (SSSR count). The zero-order chi connectivity index (χ0) is 11.8. The molecule has 0 unspecified atom stereocenters. The third-order valence-corrected chi connectivity index (χ3v) is 2.22. The van der Waals surface area contributed by atoms with E-state index >= 15 is 0 Å². The third-order valence-electron chi connectivity index (χ3n) is 2.22. The van der Waals surface area contributed by atoms with Crippen LogP contribution in [-0.2, 0) is 4.74 Å². The number of nitrogens with zero attached hydrogens (tertiary/aromatic N) is 2. The molecule has 90 valence electrons. The Hall–Kier alpha value is -1.40. The molecule has 6 heteroatoms. The number of rotatable bonds is 7. The van der Waals surface area contributed by atoms with E-state index in [1.165, 1.54) is 0 Å². The number of hydrogen-bond acceptors (Lipinski definition) is 4. The fourth-order valence-corrected chi connectivity index (χ4v) is 1.34. The number of hydrogen-bond donors (Lipinski definition) is 2. The lowest BCUT2D eigenvalue weighted by molar-refractivity contribution is 0.0689. The molecule has 6 nitrogen and oxygen atoms in total. The van der Waals surface area contributed by atoms with Gasteiger partial charge in [0.1, 0.15) is 5.69 Å². The molecule has 0 aliphatic rings. The SMILES string of the molecule is COCCN(CCCN)C(=O)c1ccn[nH]1. The van der Waals surface area contributed by atoms with Crippen LogP contribution in [0.25, 0.3) is 0 Å². The Morgan fingerprint density at radius 1 is 1.62 bits per heavy atom. The Kier molecular flexibility index (Phi) is 5.52. The van der Waals surface area contributed by atoms with Crippen molar-refractivity contribution in [1.82, 2.24) is 15.1 Å². The van der Waals surface area contributed by atoms with Gasteiger partial charge in [-0.1, -0.05) is 0 Å². The summed E-state index contributed by atoms with van der Waals surface area (Å²) in [5, 5.41) is 6.41. The van der Waals surface area contributed by atoms with E-state index in [0.29, 0.717) is 31.9 Å². The summed E-state index contributed by atoms with van der Waals surface area (Å²) >= 11 is 0. The number of nitrogens with two attached hydrogens (primary N) is 1. The zero-order valence-corrected chi connectivity index (χ0v) is 9.48. The van der Waals surface area contributed by atoms with Crippen molar-refractivity contribution in [3.63, 3.8) is 0 Å². The smallest absolute Gasteiger partial charge is 0.271 e. The highest BCUT2D eigenvalue weighted by Crippen LogP contribution is 2.01. The average molecular weight is 226 g/mol. The minimum Gasteiger partial charge on any atom is -0.383 e. The number of amides is 1. The van der Waals surface area contributed by atoms with E-state index in [1.807, 2.05) is 0 Å². The van der Waals surface area contributed by atoms with Gasteiger partial charge < -0.3 is 15.4 Å². The van der Waals surface area contributed by atoms with E-state index < -0.39 is 0 Å². The van der Waals surface area contributed by atoms with Crippen LogP contribution in [0, 0.1) is 0 Å². The standard InChI is InChI=1S/C10H18N4O2/c1-16-8-7-14(6-2-4-11)10(15)9-3-5-12-13-9/h3,5H,2,4,6-8,11H2,1H3,(H,12,13). The maximum absolute atomic E-state index is 12.0. The lowest BCUT2D eigenvalue weighted by Gasteiger charge is -2.21. The molecule has 16 heavy (non-hydrogen) atoms. The third kappa shape index (κ3) is 3.63. The molecule has 1 aromatic heterocycles. The first-order valence-electron chi connectivity index (χ1n) is 5.27. The van der Waals surface area contributed by atoms with E-state index in [4.69, 9.17) is 10.5 Å². The largest absolute Gasteiger partial charge is 0.383 e.